The molecule has 144 valence electrons. The van der Waals surface area contributed by atoms with Crippen LogP contribution in [0.3, 0.4) is 0 Å². The molecule has 2 N–H and O–H groups in total. The van der Waals surface area contributed by atoms with Gasteiger partial charge in [-0.05, 0) is 56.3 Å². The number of benzene rings is 2. The van der Waals surface area contributed by atoms with E-state index in [1.165, 1.54) is 19.2 Å². The number of nitrogens with one attached hydrogen (secondary N) is 2. The second kappa shape index (κ2) is 8.51. The van der Waals surface area contributed by atoms with E-state index in [9.17, 15) is 18.0 Å². The molecule has 0 saturated heterocycles. The second-order valence-electron chi connectivity index (χ2n) is 5.72. The summed E-state index contributed by atoms with van der Waals surface area (Å²) in [5.74, 6) is -1.34. The molecule has 9 heteroatoms. The van der Waals surface area contributed by atoms with E-state index >= 15 is 0 Å². The molecule has 0 bridgehead atoms. The first-order valence-electron chi connectivity index (χ1n) is 7.92. The Labute approximate surface area is 162 Å². The number of carbonyl (C=O) groups is 2. The molecule has 2 aromatic carbocycles. The predicted octanol–water partition coefficient (Wildman–Crippen LogP) is 2.66. The second-order valence-corrected chi connectivity index (χ2v) is 7.99. The molecule has 2 aromatic rings. The van der Waals surface area contributed by atoms with Crippen LogP contribution in [0.2, 0.25) is 5.02 Å². The monoisotopic (exact) mass is 410 g/mol. The normalized spacial score (nSPS) is 11.1. The number of hydrogen-bond acceptors (Lipinski definition) is 5. The van der Waals surface area contributed by atoms with Crippen molar-refractivity contribution in [2.75, 3.05) is 19.0 Å². The number of rotatable bonds is 6. The molecule has 0 aliphatic heterocycles. The zero-order valence-electron chi connectivity index (χ0n) is 15.0. The lowest BCUT2D eigenvalue weighted by atomic mass is 10.1. The first kappa shape index (κ1) is 20.9. The van der Waals surface area contributed by atoms with Crippen molar-refractivity contribution in [1.29, 1.82) is 0 Å². The lowest BCUT2D eigenvalue weighted by Gasteiger charge is -2.11. The molecular weight excluding hydrogens is 392 g/mol. The van der Waals surface area contributed by atoms with Crippen molar-refractivity contribution in [1.82, 2.24) is 4.72 Å². The van der Waals surface area contributed by atoms with Gasteiger partial charge in [-0.15, -0.1) is 0 Å². The van der Waals surface area contributed by atoms with Gasteiger partial charge in [0, 0.05) is 5.69 Å². The van der Waals surface area contributed by atoms with Gasteiger partial charge in [0.25, 0.3) is 5.91 Å². The van der Waals surface area contributed by atoms with Crippen LogP contribution in [0.5, 0.6) is 0 Å². The van der Waals surface area contributed by atoms with Crippen molar-refractivity contribution < 1.29 is 22.7 Å². The summed E-state index contributed by atoms with van der Waals surface area (Å²) in [5, 5.41) is 2.63. The van der Waals surface area contributed by atoms with Gasteiger partial charge in [-0.2, -0.15) is 0 Å². The van der Waals surface area contributed by atoms with Crippen LogP contribution in [-0.2, 0) is 19.6 Å². The molecule has 0 spiro atoms. The molecule has 0 radical (unpaired) electrons. The zero-order chi connectivity index (χ0) is 20.2. The van der Waals surface area contributed by atoms with Gasteiger partial charge in [0.2, 0.25) is 10.0 Å². The lowest BCUT2D eigenvalue weighted by molar-refractivity contribution is -0.119. The van der Waals surface area contributed by atoms with E-state index < -0.39 is 28.5 Å². The summed E-state index contributed by atoms with van der Waals surface area (Å²) in [5.41, 5.74) is 2.53. The average molecular weight is 411 g/mol. The van der Waals surface area contributed by atoms with E-state index in [0.29, 0.717) is 5.69 Å². The third-order valence-electron chi connectivity index (χ3n) is 3.94. The third kappa shape index (κ3) is 5.06. The molecule has 0 saturated carbocycles. The van der Waals surface area contributed by atoms with E-state index in [0.717, 1.165) is 17.2 Å². The molecule has 1 amide bonds. The van der Waals surface area contributed by atoms with Crippen molar-refractivity contribution in [2.24, 2.45) is 0 Å². The molecule has 0 fully saturated rings. The Bertz CT molecular complexity index is 989. The highest BCUT2D eigenvalue weighted by atomic mass is 35.5. The van der Waals surface area contributed by atoms with Crippen LogP contribution in [-0.4, -0.2) is 33.9 Å². The predicted molar refractivity (Wildman–Crippen MR) is 103 cm³/mol. The van der Waals surface area contributed by atoms with Crippen molar-refractivity contribution in [3.8, 4) is 0 Å². The van der Waals surface area contributed by atoms with E-state index in [1.807, 2.05) is 19.9 Å². The fourth-order valence-corrected chi connectivity index (χ4v) is 3.48. The SMILES string of the molecule is CNS(=O)(=O)c1cc(C(=O)OCC(=O)Nc2cccc(C)c2C)ccc1Cl. The number of amides is 1. The van der Waals surface area contributed by atoms with Gasteiger partial charge in [-0.3, -0.25) is 4.79 Å². The number of esters is 1. The van der Waals surface area contributed by atoms with Crippen LogP contribution in [0.4, 0.5) is 5.69 Å². The molecule has 27 heavy (non-hydrogen) atoms. The molecule has 0 aliphatic rings. The Morgan fingerprint density at radius 3 is 2.52 bits per heavy atom. The van der Waals surface area contributed by atoms with Gasteiger partial charge in [0.15, 0.2) is 6.61 Å². The van der Waals surface area contributed by atoms with Crippen LogP contribution < -0.4 is 10.0 Å². The van der Waals surface area contributed by atoms with Gasteiger partial charge in [0.05, 0.1) is 10.6 Å². The van der Waals surface area contributed by atoms with Crippen molar-refractivity contribution in [3.05, 3.63) is 58.1 Å². The summed E-state index contributed by atoms with van der Waals surface area (Å²) in [6, 6.07) is 9.17. The fraction of sp³-hybridized carbons (Fsp3) is 0.222. The van der Waals surface area contributed by atoms with Gasteiger partial charge in [-0.1, -0.05) is 23.7 Å². The molecule has 0 aliphatic carbocycles. The Hall–Kier alpha value is -2.42. The third-order valence-corrected chi connectivity index (χ3v) is 5.83. The maximum Gasteiger partial charge on any atom is 0.338 e. The van der Waals surface area contributed by atoms with E-state index in [4.69, 9.17) is 16.3 Å². The quantitative estimate of drug-likeness (QED) is 0.713. The molecule has 2 rings (SSSR count). The van der Waals surface area contributed by atoms with Crippen LogP contribution in [0, 0.1) is 13.8 Å². The highest BCUT2D eigenvalue weighted by molar-refractivity contribution is 7.89. The minimum absolute atomic E-state index is 0.0337. The number of aryl methyl sites for hydroxylation is 1. The van der Waals surface area contributed by atoms with E-state index in [2.05, 4.69) is 10.0 Å². The molecule has 0 atom stereocenters. The molecule has 0 heterocycles. The summed E-state index contributed by atoms with van der Waals surface area (Å²) in [4.78, 5) is 23.9. The minimum atomic E-state index is -3.83. The number of ether oxygens (including phenoxy) is 1. The maximum absolute atomic E-state index is 12.1. The Kier molecular flexibility index (Phi) is 6.59. The Morgan fingerprint density at radius 1 is 1.15 bits per heavy atom. The van der Waals surface area contributed by atoms with Gasteiger partial charge in [0.1, 0.15) is 4.90 Å². The topological polar surface area (TPSA) is 102 Å². The smallest absolute Gasteiger partial charge is 0.338 e. The first-order valence-corrected chi connectivity index (χ1v) is 9.78. The summed E-state index contributed by atoms with van der Waals surface area (Å²) in [7, 11) is -2.60. The zero-order valence-corrected chi connectivity index (χ0v) is 16.6. The number of hydrogen-bond donors (Lipinski definition) is 2. The van der Waals surface area contributed by atoms with Crippen molar-refractivity contribution in [3.63, 3.8) is 0 Å². The first-order chi connectivity index (χ1) is 12.7. The maximum atomic E-state index is 12.1. The summed E-state index contributed by atoms with van der Waals surface area (Å²) in [6.07, 6.45) is 0. The van der Waals surface area contributed by atoms with Crippen LogP contribution in [0.1, 0.15) is 21.5 Å². The Balaban J connectivity index is 2.06. The van der Waals surface area contributed by atoms with Gasteiger partial charge >= 0.3 is 5.97 Å². The van der Waals surface area contributed by atoms with E-state index in [-0.39, 0.29) is 15.5 Å². The number of halogens is 1. The molecule has 0 unspecified atom stereocenters. The van der Waals surface area contributed by atoms with Crippen LogP contribution in [0.15, 0.2) is 41.3 Å². The summed E-state index contributed by atoms with van der Waals surface area (Å²) < 4.78 is 30.9. The highest BCUT2D eigenvalue weighted by Gasteiger charge is 2.19. The van der Waals surface area contributed by atoms with Gasteiger partial charge < -0.3 is 10.1 Å². The fourth-order valence-electron chi connectivity index (χ4n) is 2.23. The van der Waals surface area contributed by atoms with Crippen LogP contribution in [0.25, 0.3) is 0 Å². The Morgan fingerprint density at radius 2 is 1.85 bits per heavy atom. The summed E-state index contributed by atoms with van der Waals surface area (Å²) >= 11 is 5.87. The lowest BCUT2D eigenvalue weighted by Crippen LogP contribution is -2.22. The van der Waals surface area contributed by atoms with Crippen LogP contribution >= 0.6 is 11.6 Å². The largest absolute Gasteiger partial charge is 0.452 e. The average Bonchev–Trinajstić information content (AvgIpc) is 2.63. The number of sulfonamides is 1. The number of carbonyl (C=O) groups excluding carboxylic acids is 2. The molecule has 0 aromatic heterocycles. The van der Waals surface area contributed by atoms with Gasteiger partial charge in [-0.25, -0.2) is 17.9 Å². The number of anilines is 1. The minimum Gasteiger partial charge on any atom is -0.452 e. The highest BCUT2D eigenvalue weighted by Crippen LogP contribution is 2.23. The summed E-state index contributed by atoms with van der Waals surface area (Å²) in [6.45, 7) is 3.28. The standard InChI is InChI=1S/C18H19ClN2O5S/c1-11-5-4-6-15(12(11)2)21-17(22)10-26-18(23)13-7-8-14(19)16(9-13)27(24,25)20-3/h4-9,20H,10H2,1-3H3,(H,21,22). The van der Waals surface area contributed by atoms with Crippen molar-refractivity contribution >= 4 is 39.2 Å². The molecule has 7 nitrogen and oxygen atoms in total. The van der Waals surface area contributed by atoms with E-state index in [1.54, 1.807) is 12.1 Å². The van der Waals surface area contributed by atoms with Crippen molar-refractivity contribution in [2.45, 2.75) is 18.7 Å². The molecular formula is C18H19ClN2O5S.